The molecule has 3 aliphatic heterocycles. The van der Waals surface area contributed by atoms with Crippen LogP contribution in [0.15, 0.2) is 48.5 Å². The highest BCUT2D eigenvalue weighted by atomic mass is 16.7. The van der Waals surface area contributed by atoms with Crippen molar-refractivity contribution in [2.75, 3.05) is 13.1 Å². The average Bonchev–Trinajstić information content (AvgIpc) is 2.60. The van der Waals surface area contributed by atoms with Crippen LogP contribution in [0.2, 0.25) is 0 Å². The van der Waals surface area contributed by atoms with Gasteiger partial charge in [0.2, 0.25) is 0 Å². The molecule has 4 heteroatoms. The molecule has 0 aliphatic carbocycles. The first-order chi connectivity index (χ1) is 11.9. The van der Waals surface area contributed by atoms with Crippen LogP contribution in [0.5, 0.6) is 11.5 Å². The van der Waals surface area contributed by atoms with Crippen molar-refractivity contribution in [2.24, 2.45) is 0 Å². The lowest BCUT2D eigenvalue weighted by Crippen LogP contribution is -2.65. The average molecular weight is 320 g/mol. The minimum absolute atomic E-state index is 0.868. The number of rotatable bonds is 0. The molecule has 0 N–H and O–H groups in total. The Kier molecular flexibility index (Phi) is 2.98. The van der Waals surface area contributed by atoms with Crippen LogP contribution in [-0.4, -0.2) is 40.7 Å². The van der Waals surface area contributed by atoms with E-state index in [1.54, 1.807) is 0 Å². The van der Waals surface area contributed by atoms with Gasteiger partial charge < -0.3 is 9.47 Å². The van der Waals surface area contributed by atoms with Crippen molar-refractivity contribution in [3.63, 3.8) is 0 Å². The van der Waals surface area contributed by atoms with E-state index in [9.17, 15) is 0 Å². The number of nitrogens with zero attached hydrogens (tertiary/aromatic N) is 2. The summed E-state index contributed by atoms with van der Waals surface area (Å²) in [5.41, 5.74) is 2.21. The summed E-state index contributed by atoms with van der Waals surface area (Å²) in [7, 11) is 0. The molecule has 3 heterocycles. The lowest BCUT2D eigenvalue weighted by atomic mass is 10.1. The van der Waals surface area contributed by atoms with E-state index in [1.165, 1.54) is 6.42 Å². The molecule has 0 atom stereocenters. The molecule has 0 bridgehead atoms. The SMILES string of the molecule is C1=[N+]2CCCCC[N+]3=Cc4ccccc4OC23Oc2ccccc21. The molecule has 5 rings (SSSR count). The summed E-state index contributed by atoms with van der Waals surface area (Å²) in [6.45, 7) is 1.84. The van der Waals surface area contributed by atoms with Crippen LogP contribution >= 0.6 is 0 Å². The van der Waals surface area contributed by atoms with Crippen molar-refractivity contribution in [3.05, 3.63) is 59.7 Å². The normalized spacial score (nSPS) is 20.3. The Hall–Kier alpha value is -2.62. The van der Waals surface area contributed by atoms with Gasteiger partial charge in [0.15, 0.2) is 37.0 Å². The molecule has 2 aromatic carbocycles. The maximum Gasteiger partial charge on any atom is 0.703 e. The number of ether oxygens (including phenoxy) is 2. The predicted molar refractivity (Wildman–Crippen MR) is 91.3 cm³/mol. The molecule has 0 amide bonds. The van der Waals surface area contributed by atoms with Gasteiger partial charge in [-0.05, 0) is 30.7 Å². The minimum Gasteiger partial charge on any atom is -0.341 e. The Morgan fingerprint density at radius 3 is 1.71 bits per heavy atom. The maximum atomic E-state index is 6.49. The molecule has 1 fully saturated rings. The third-order valence-electron chi connectivity index (χ3n) is 4.94. The van der Waals surface area contributed by atoms with E-state index in [1.807, 2.05) is 36.4 Å². The second-order valence-corrected chi connectivity index (χ2v) is 6.53. The van der Waals surface area contributed by atoms with Gasteiger partial charge >= 0.3 is 6.03 Å². The minimum atomic E-state index is -0.914. The monoisotopic (exact) mass is 320 g/mol. The number of fused-ring (bicyclic) bond motifs is 2. The first-order valence-corrected chi connectivity index (χ1v) is 8.64. The molecular formula is C20H20N2O2+2. The van der Waals surface area contributed by atoms with Crippen LogP contribution in [0.4, 0.5) is 0 Å². The summed E-state index contributed by atoms with van der Waals surface area (Å²) in [4.78, 5) is 0. The Morgan fingerprint density at radius 1 is 0.667 bits per heavy atom. The highest BCUT2D eigenvalue weighted by molar-refractivity contribution is 5.82. The highest BCUT2D eigenvalue weighted by Gasteiger charge is 2.63. The van der Waals surface area contributed by atoms with E-state index in [0.29, 0.717) is 0 Å². The third kappa shape index (κ3) is 1.99. The van der Waals surface area contributed by atoms with Crippen molar-refractivity contribution in [1.82, 2.24) is 0 Å². The van der Waals surface area contributed by atoms with E-state index in [0.717, 1.165) is 48.6 Å². The Bertz CT molecular complexity index is 798. The van der Waals surface area contributed by atoms with E-state index >= 15 is 0 Å². The molecule has 1 spiro atoms. The Balaban J connectivity index is 1.72. The van der Waals surface area contributed by atoms with E-state index in [-0.39, 0.29) is 0 Å². The van der Waals surface area contributed by atoms with Crippen molar-refractivity contribution in [3.8, 4) is 11.5 Å². The summed E-state index contributed by atoms with van der Waals surface area (Å²) in [6, 6.07) is 15.4. The van der Waals surface area contributed by atoms with Gasteiger partial charge in [-0.25, -0.2) is 0 Å². The lowest BCUT2D eigenvalue weighted by Gasteiger charge is -2.32. The zero-order chi connectivity index (χ0) is 16.0. The molecular weight excluding hydrogens is 300 g/mol. The van der Waals surface area contributed by atoms with E-state index in [2.05, 4.69) is 33.7 Å². The van der Waals surface area contributed by atoms with Crippen molar-refractivity contribution < 1.29 is 18.6 Å². The predicted octanol–water partition coefficient (Wildman–Crippen LogP) is 2.83. The van der Waals surface area contributed by atoms with Crippen LogP contribution in [0.25, 0.3) is 0 Å². The molecule has 1 saturated heterocycles. The molecule has 0 unspecified atom stereocenters. The number of para-hydroxylation sites is 2. The quantitative estimate of drug-likeness (QED) is 0.697. The molecule has 4 nitrogen and oxygen atoms in total. The summed E-state index contributed by atoms with van der Waals surface area (Å²) in [5.74, 6) is 1.74. The topological polar surface area (TPSA) is 24.5 Å². The molecule has 3 aliphatic rings. The fraction of sp³-hybridized carbons (Fsp3) is 0.300. The summed E-state index contributed by atoms with van der Waals surface area (Å²) < 4.78 is 17.4. The molecule has 120 valence electrons. The number of hydrogen-bond acceptors (Lipinski definition) is 2. The van der Waals surface area contributed by atoms with E-state index < -0.39 is 6.03 Å². The van der Waals surface area contributed by atoms with Gasteiger partial charge in [-0.2, -0.15) is 0 Å². The zero-order valence-electron chi connectivity index (χ0n) is 13.5. The number of hydrogen-bond donors (Lipinski definition) is 0. The maximum absolute atomic E-state index is 6.49. The molecule has 0 radical (unpaired) electrons. The largest absolute Gasteiger partial charge is 0.703 e. The third-order valence-corrected chi connectivity index (χ3v) is 4.94. The first-order valence-electron chi connectivity index (χ1n) is 8.64. The number of benzene rings is 2. The van der Waals surface area contributed by atoms with Gasteiger partial charge in [-0.1, -0.05) is 33.4 Å². The van der Waals surface area contributed by atoms with Gasteiger partial charge in [0.25, 0.3) is 0 Å². The summed E-state index contributed by atoms with van der Waals surface area (Å²) in [5, 5.41) is 0. The second-order valence-electron chi connectivity index (χ2n) is 6.53. The molecule has 0 saturated carbocycles. The van der Waals surface area contributed by atoms with Gasteiger partial charge in [-0.3, -0.25) is 0 Å². The standard InChI is InChI=1S/C20H20N2O2/c1-6-12-21-14-16-8-2-4-10-18(16)23-20(21)22(13-7-1)15-17-9-3-5-11-19(17)24-20/h2-5,8-11,14-15H,1,6-7,12-13H2/q+2. The highest BCUT2D eigenvalue weighted by Crippen LogP contribution is 2.35. The summed E-state index contributed by atoms with van der Waals surface area (Å²) >= 11 is 0. The van der Waals surface area contributed by atoms with Gasteiger partial charge in [-0.15, -0.1) is 0 Å². The smallest absolute Gasteiger partial charge is 0.341 e. The van der Waals surface area contributed by atoms with Gasteiger partial charge in [0.05, 0.1) is 11.1 Å². The van der Waals surface area contributed by atoms with Crippen LogP contribution in [0.3, 0.4) is 0 Å². The van der Waals surface area contributed by atoms with E-state index in [4.69, 9.17) is 9.47 Å². The van der Waals surface area contributed by atoms with Crippen LogP contribution < -0.4 is 9.47 Å². The fourth-order valence-electron chi connectivity index (χ4n) is 3.72. The van der Waals surface area contributed by atoms with Crippen LogP contribution in [-0.2, 0) is 0 Å². The van der Waals surface area contributed by atoms with Crippen molar-refractivity contribution in [2.45, 2.75) is 25.3 Å². The molecule has 24 heavy (non-hydrogen) atoms. The molecule has 0 aromatic heterocycles. The van der Waals surface area contributed by atoms with Crippen molar-refractivity contribution in [1.29, 1.82) is 0 Å². The fourth-order valence-corrected chi connectivity index (χ4v) is 3.72. The second kappa shape index (κ2) is 5.20. The lowest BCUT2D eigenvalue weighted by molar-refractivity contribution is -0.910. The van der Waals surface area contributed by atoms with Crippen LogP contribution in [0, 0.1) is 0 Å². The Labute approximate surface area is 141 Å². The van der Waals surface area contributed by atoms with Crippen molar-refractivity contribution >= 4 is 12.4 Å². The molecule has 2 aromatic rings. The zero-order valence-corrected chi connectivity index (χ0v) is 13.5. The first kappa shape index (κ1) is 13.8. The summed E-state index contributed by atoms with van der Waals surface area (Å²) in [6.07, 6.45) is 7.86. The Morgan fingerprint density at radius 2 is 1.17 bits per heavy atom. The van der Waals surface area contributed by atoms with Gasteiger partial charge in [0.1, 0.15) is 0 Å². The van der Waals surface area contributed by atoms with Gasteiger partial charge in [0, 0.05) is 12.8 Å². The van der Waals surface area contributed by atoms with Crippen LogP contribution in [0.1, 0.15) is 30.4 Å².